The summed E-state index contributed by atoms with van der Waals surface area (Å²) in [6.45, 7) is 0.670. The van der Waals surface area contributed by atoms with E-state index in [1.165, 1.54) is 0 Å². The third kappa shape index (κ3) is 3.57. The SMILES string of the molecule is Clc1cc(Cl)cc(CNc2ccc(-c3ccn[nH]3)cc2)c1. The fraction of sp³-hybridized carbons (Fsp3) is 0.0625. The highest BCUT2D eigenvalue weighted by Gasteiger charge is 2.01. The van der Waals surface area contributed by atoms with Gasteiger partial charge in [0, 0.05) is 28.5 Å². The number of hydrogen-bond donors (Lipinski definition) is 2. The Balaban J connectivity index is 1.68. The highest BCUT2D eigenvalue weighted by atomic mass is 35.5. The number of anilines is 1. The van der Waals surface area contributed by atoms with Crippen molar-refractivity contribution in [1.82, 2.24) is 10.2 Å². The summed E-state index contributed by atoms with van der Waals surface area (Å²) in [5.41, 5.74) is 4.19. The van der Waals surface area contributed by atoms with Crippen molar-refractivity contribution >= 4 is 28.9 Å². The maximum atomic E-state index is 5.99. The van der Waals surface area contributed by atoms with Crippen LogP contribution in [0.3, 0.4) is 0 Å². The molecule has 5 heteroatoms. The topological polar surface area (TPSA) is 40.7 Å². The summed E-state index contributed by atoms with van der Waals surface area (Å²) < 4.78 is 0. The Labute approximate surface area is 132 Å². The summed E-state index contributed by atoms with van der Waals surface area (Å²) in [7, 11) is 0. The Morgan fingerprint density at radius 1 is 0.952 bits per heavy atom. The van der Waals surface area contributed by atoms with Gasteiger partial charge in [-0.05, 0) is 47.5 Å². The van der Waals surface area contributed by atoms with Gasteiger partial charge in [-0.15, -0.1) is 0 Å². The molecule has 0 aliphatic carbocycles. The molecule has 2 aromatic carbocycles. The van der Waals surface area contributed by atoms with Gasteiger partial charge in [-0.25, -0.2) is 0 Å². The average molecular weight is 318 g/mol. The summed E-state index contributed by atoms with van der Waals surface area (Å²) in [6.07, 6.45) is 1.74. The monoisotopic (exact) mass is 317 g/mol. The first-order valence-corrected chi connectivity index (χ1v) is 7.25. The second-order valence-corrected chi connectivity index (χ2v) is 5.55. The molecule has 3 nitrogen and oxygen atoms in total. The maximum absolute atomic E-state index is 5.99. The molecular formula is C16H13Cl2N3. The van der Waals surface area contributed by atoms with Crippen LogP contribution in [-0.2, 0) is 6.54 Å². The second kappa shape index (κ2) is 6.20. The van der Waals surface area contributed by atoms with Crippen molar-refractivity contribution in [2.75, 3.05) is 5.32 Å². The molecule has 0 fully saturated rings. The highest BCUT2D eigenvalue weighted by Crippen LogP contribution is 2.21. The largest absolute Gasteiger partial charge is 0.381 e. The molecule has 0 aliphatic rings. The lowest BCUT2D eigenvalue weighted by atomic mass is 10.1. The zero-order valence-electron chi connectivity index (χ0n) is 11.1. The second-order valence-electron chi connectivity index (χ2n) is 4.68. The Bertz CT molecular complexity index is 702. The van der Waals surface area contributed by atoms with Gasteiger partial charge in [-0.1, -0.05) is 35.3 Å². The van der Waals surface area contributed by atoms with Gasteiger partial charge in [-0.2, -0.15) is 5.10 Å². The summed E-state index contributed by atoms with van der Waals surface area (Å²) >= 11 is 12.0. The van der Waals surface area contributed by atoms with Crippen molar-refractivity contribution in [1.29, 1.82) is 0 Å². The van der Waals surface area contributed by atoms with Crippen molar-refractivity contribution < 1.29 is 0 Å². The normalized spacial score (nSPS) is 10.6. The van der Waals surface area contributed by atoms with Crippen LogP contribution in [0.25, 0.3) is 11.3 Å². The first kappa shape index (κ1) is 14.0. The van der Waals surface area contributed by atoms with Crippen LogP contribution in [0.1, 0.15) is 5.56 Å². The number of rotatable bonds is 4. The van der Waals surface area contributed by atoms with E-state index >= 15 is 0 Å². The lowest BCUT2D eigenvalue weighted by molar-refractivity contribution is 1.09. The number of nitrogens with one attached hydrogen (secondary N) is 2. The molecule has 2 N–H and O–H groups in total. The van der Waals surface area contributed by atoms with Gasteiger partial charge < -0.3 is 5.32 Å². The van der Waals surface area contributed by atoms with E-state index in [1.807, 2.05) is 42.5 Å². The zero-order chi connectivity index (χ0) is 14.7. The Kier molecular flexibility index (Phi) is 4.13. The number of aromatic nitrogens is 2. The van der Waals surface area contributed by atoms with Crippen molar-refractivity contribution in [3.8, 4) is 11.3 Å². The summed E-state index contributed by atoms with van der Waals surface area (Å²) in [4.78, 5) is 0. The van der Waals surface area contributed by atoms with Crippen LogP contribution in [0.15, 0.2) is 54.7 Å². The molecule has 106 valence electrons. The summed E-state index contributed by atoms with van der Waals surface area (Å²) in [5.74, 6) is 0. The standard InChI is InChI=1S/C16H13Cl2N3/c17-13-7-11(8-14(18)9-13)10-19-15-3-1-12(2-4-15)16-5-6-20-21-16/h1-9,19H,10H2,(H,20,21). The van der Waals surface area contributed by atoms with Gasteiger partial charge in [0.25, 0.3) is 0 Å². The average Bonchev–Trinajstić information content (AvgIpc) is 2.99. The number of nitrogens with zero attached hydrogens (tertiary/aromatic N) is 1. The fourth-order valence-corrected chi connectivity index (χ4v) is 2.67. The van der Waals surface area contributed by atoms with Crippen molar-refractivity contribution in [2.45, 2.75) is 6.54 Å². The molecule has 0 aliphatic heterocycles. The van der Waals surface area contributed by atoms with Crippen molar-refractivity contribution in [2.24, 2.45) is 0 Å². The maximum Gasteiger partial charge on any atom is 0.0650 e. The van der Waals surface area contributed by atoms with Crippen molar-refractivity contribution in [3.63, 3.8) is 0 Å². The first-order chi connectivity index (χ1) is 10.2. The van der Waals surface area contributed by atoms with Crippen LogP contribution < -0.4 is 5.32 Å². The number of benzene rings is 2. The molecule has 0 amide bonds. The van der Waals surface area contributed by atoms with Gasteiger partial charge in [-0.3, -0.25) is 5.10 Å². The van der Waals surface area contributed by atoms with Crippen LogP contribution in [0.5, 0.6) is 0 Å². The molecule has 0 unspecified atom stereocenters. The molecule has 21 heavy (non-hydrogen) atoms. The molecule has 0 saturated heterocycles. The number of halogens is 2. The van der Waals surface area contributed by atoms with Gasteiger partial charge in [0.2, 0.25) is 0 Å². The van der Waals surface area contributed by atoms with Gasteiger partial charge >= 0.3 is 0 Å². The van der Waals surface area contributed by atoms with Crippen LogP contribution in [0, 0.1) is 0 Å². The highest BCUT2D eigenvalue weighted by molar-refractivity contribution is 6.34. The lowest BCUT2D eigenvalue weighted by Gasteiger charge is -2.08. The quantitative estimate of drug-likeness (QED) is 0.711. The summed E-state index contributed by atoms with van der Waals surface area (Å²) in [6, 6.07) is 15.6. The molecule has 0 atom stereocenters. The Morgan fingerprint density at radius 2 is 1.67 bits per heavy atom. The fourth-order valence-electron chi connectivity index (χ4n) is 2.10. The lowest BCUT2D eigenvalue weighted by Crippen LogP contribution is -1.99. The molecule has 1 aromatic heterocycles. The molecule has 3 aromatic rings. The molecular weight excluding hydrogens is 305 g/mol. The third-order valence-electron chi connectivity index (χ3n) is 3.12. The predicted molar refractivity (Wildman–Crippen MR) is 87.8 cm³/mol. The van der Waals surface area contributed by atoms with Crippen LogP contribution >= 0.6 is 23.2 Å². The first-order valence-electron chi connectivity index (χ1n) is 6.49. The van der Waals surface area contributed by atoms with E-state index in [2.05, 4.69) is 15.5 Å². The molecule has 1 heterocycles. The number of hydrogen-bond acceptors (Lipinski definition) is 2. The molecule has 0 bridgehead atoms. The van der Waals surface area contributed by atoms with Crippen molar-refractivity contribution in [3.05, 3.63) is 70.3 Å². The van der Waals surface area contributed by atoms with Gasteiger partial charge in [0.1, 0.15) is 0 Å². The predicted octanol–water partition coefficient (Wildman–Crippen LogP) is 5.00. The smallest absolute Gasteiger partial charge is 0.0650 e. The summed E-state index contributed by atoms with van der Waals surface area (Å²) in [5, 5.41) is 11.5. The molecule has 0 spiro atoms. The zero-order valence-corrected chi connectivity index (χ0v) is 12.6. The molecule has 0 radical (unpaired) electrons. The third-order valence-corrected chi connectivity index (χ3v) is 3.55. The Morgan fingerprint density at radius 3 is 2.29 bits per heavy atom. The van der Waals surface area contributed by atoms with E-state index < -0.39 is 0 Å². The van der Waals surface area contributed by atoms with Crippen LogP contribution in [0.2, 0.25) is 10.0 Å². The molecule has 0 saturated carbocycles. The minimum absolute atomic E-state index is 0.647. The Hall–Kier alpha value is -1.97. The van der Waals surface area contributed by atoms with E-state index in [9.17, 15) is 0 Å². The van der Waals surface area contributed by atoms with E-state index in [-0.39, 0.29) is 0 Å². The van der Waals surface area contributed by atoms with E-state index in [4.69, 9.17) is 23.2 Å². The van der Waals surface area contributed by atoms with Crippen LogP contribution in [-0.4, -0.2) is 10.2 Å². The van der Waals surface area contributed by atoms with Gasteiger partial charge in [0.05, 0.1) is 5.69 Å². The minimum Gasteiger partial charge on any atom is -0.381 e. The van der Waals surface area contributed by atoms with Crippen LogP contribution in [0.4, 0.5) is 5.69 Å². The number of H-pyrrole nitrogens is 1. The van der Waals surface area contributed by atoms with E-state index in [1.54, 1.807) is 12.3 Å². The molecule has 3 rings (SSSR count). The number of aromatic amines is 1. The van der Waals surface area contributed by atoms with E-state index in [0.29, 0.717) is 16.6 Å². The van der Waals surface area contributed by atoms with Gasteiger partial charge in [0.15, 0.2) is 0 Å². The van der Waals surface area contributed by atoms with E-state index in [0.717, 1.165) is 22.5 Å². The minimum atomic E-state index is 0.647.